The normalized spacial score (nSPS) is 31.4. The van der Waals surface area contributed by atoms with Crippen molar-refractivity contribution in [3.05, 3.63) is 0 Å². The zero-order valence-corrected chi connectivity index (χ0v) is 10.3. The molecule has 1 saturated heterocycles. The van der Waals surface area contributed by atoms with Gasteiger partial charge in [0.1, 0.15) is 12.2 Å². The van der Waals surface area contributed by atoms with Crippen molar-refractivity contribution in [2.75, 3.05) is 13.1 Å². The number of hydrogen-bond acceptors (Lipinski definition) is 4. The summed E-state index contributed by atoms with van der Waals surface area (Å²) in [6.45, 7) is 4.88. The molecule has 0 unspecified atom stereocenters. The first-order valence-corrected chi connectivity index (χ1v) is 4.41. The van der Waals surface area contributed by atoms with Crippen LogP contribution in [0.4, 0.5) is 0 Å². The van der Waals surface area contributed by atoms with E-state index in [0.717, 1.165) is 6.42 Å². The van der Waals surface area contributed by atoms with Crippen LogP contribution in [0.15, 0.2) is 0 Å². The molecule has 1 rings (SSSR count). The van der Waals surface area contributed by atoms with E-state index >= 15 is 0 Å². The summed E-state index contributed by atoms with van der Waals surface area (Å²) in [6.07, 6.45) is 0.736. The van der Waals surface area contributed by atoms with Crippen LogP contribution in [0.1, 0.15) is 20.3 Å². The Labute approximate surface area is 93.6 Å². The first kappa shape index (κ1) is 13.5. The molecule has 2 atom stereocenters. The van der Waals surface area contributed by atoms with Crippen LogP contribution in [-0.4, -0.2) is 31.1 Å². The maximum absolute atomic E-state index is 5.62. The van der Waals surface area contributed by atoms with Crippen molar-refractivity contribution < 1.29 is 30.5 Å². The molecule has 1 aliphatic heterocycles. The van der Waals surface area contributed by atoms with Crippen molar-refractivity contribution >= 4 is 0 Å². The fourth-order valence-electron chi connectivity index (χ4n) is 1.39. The zero-order valence-electron chi connectivity index (χ0n) is 8.06. The van der Waals surface area contributed by atoms with Gasteiger partial charge < -0.3 is 20.9 Å². The van der Waals surface area contributed by atoms with Gasteiger partial charge in [0, 0.05) is 34.2 Å². The predicted molar refractivity (Wildman–Crippen MR) is 46.6 cm³/mol. The van der Waals surface area contributed by atoms with Crippen LogP contribution in [0.5, 0.6) is 0 Å². The Bertz CT molecular complexity index is 145. The van der Waals surface area contributed by atoms with E-state index in [2.05, 4.69) is 0 Å². The zero-order chi connectivity index (χ0) is 9.19. The van der Waals surface area contributed by atoms with Crippen LogP contribution in [-0.2, 0) is 30.5 Å². The molecule has 1 fully saturated rings. The fraction of sp³-hybridized carbons (Fsp3) is 1.00. The van der Waals surface area contributed by atoms with Crippen molar-refractivity contribution in [2.45, 2.75) is 38.3 Å². The maximum Gasteiger partial charge on any atom is 0.166 e. The molecule has 0 amide bonds. The van der Waals surface area contributed by atoms with Gasteiger partial charge in [0.05, 0.1) is 0 Å². The smallest absolute Gasteiger partial charge is 0.166 e. The molecule has 0 aliphatic carbocycles. The Balaban J connectivity index is 0.00000144. The van der Waals surface area contributed by atoms with Crippen LogP contribution in [0.25, 0.3) is 0 Å². The first-order valence-electron chi connectivity index (χ1n) is 4.41. The molecule has 0 saturated carbocycles. The molecule has 0 spiro atoms. The van der Waals surface area contributed by atoms with E-state index in [1.165, 1.54) is 0 Å². The molecule has 5 heteroatoms. The van der Waals surface area contributed by atoms with Crippen molar-refractivity contribution in [2.24, 2.45) is 11.5 Å². The standard InChI is InChI=1S/C8H18N2O2.Pt/c1-3-8(2)11-6(4-9)7(5-10)12-8;/h6-7H,3-5,9-10H2,1-2H3;/t6-,7-;/m1./s1. The minimum Gasteiger partial charge on any atom is -0.343 e. The molecule has 0 aromatic heterocycles. The molecule has 4 N–H and O–H groups in total. The van der Waals surface area contributed by atoms with Gasteiger partial charge in [0.15, 0.2) is 5.79 Å². The van der Waals surface area contributed by atoms with Gasteiger partial charge in [-0.2, -0.15) is 0 Å². The second kappa shape index (κ2) is 5.42. The summed E-state index contributed by atoms with van der Waals surface area (Å²) in [5, 5.41) is 0. The SMILES string of the molecule is CCC1(C)O[C@H](CN)[C@@H](CN)O1.[Pt]. The fourth-order valence-corrected chi connectivity index (χ4v) is 1.39. The van der Waals surface area contributed by atoms with Gasteiger partial charge in [-0.05, 0) is 13.3 Å². The van der Waals surface area contributed by atoms with Gasteiger partial charge >= 0.3 is 0 Å². The van der Waals surface area contributed by atoms with Crippen molar-refractivity contribution in [3.63, 3.8) is 0 Å². The van der Waals surface area contributed by atoms with Crippen molar-refractivity contribution in [1.82, 2.24) is 0 Å². The molecule has 1 aliphatic rings. The predicted octanol–water partition coefficient (Wildman–Crippen LogP) is -0.188. The van der Waals surface area contributed by atoms with E-state index < -0.39 is 5.79 Å². The molecule has 4 nitrogen and oxygen atoms in total. The summed E-state index contributed by atoms with van der Waals surface area (Å²) in [6, 6.07) is 0. The van der Waals surface area contributed by atoms with Gasteiger partial charge in [-0.25, -0.2) is 0 Å². The van der Waals surface area contributed by atoms with E-state index in [4.69, 9.17) is 20.9 Å². The monoisotopic (exact) mass is 369 g/mol. The first-order chi connectivity index (χ1) is 5.65. The summed E-state index contributed by atoms with van der Waals surface area (Å²) in [5.41, 5.74) is 11.0. The van der Waals surface area contributed by atoms with E-state index in [-0.39, 0.29) is 33.3 Å². The van der Waals surface area contributed by atoms with E-state index in [1.807, 2.05) is 13.8 Å². The summed E-state index contributed by atoms with van der Waals surface area (Å²) in [4.78, 5) is 0. The Morgan fingerprint density at radius 2 is 1.54 bits per heavy atom. The number of ether oxygens (including phenoxy) is 2. The third-order valence-corrected chi connectivity index (χ3v) is 2.32. The molecule has 0 aromatic carbocycles. The second-order valence-electron chi connectivity index (χ2n) is 3.27. The Hall–Kier alpha value is 0.528. The van der Waals surface area contributed by atoms with E-state index in [9.17, 15) is 0 Å². The third-order valence-electron chi connectivity index (χ3n) is 2.32. The Morgan fingerprint density at radius 3 is 1.77 bits per heavy atom. The summed E-state index contributed by atoms with van der Waals surface area (Å²) in [7, 11) is 0. The number of nitrogens with two attached hydrogens (primary N) is 2. The maximum atomic E-state index is 5.62. The molecular weight excluding hydrogens is 351 g/mol. The number of rotatable bonds is 3. The molecule has 0 aromatic rings. The molecule has 0 radical (unpaired) electrons. The van der Waals surface area contributed by atoms with Crippen LogP contribution in [0, 0.1) is 0 Å². The van der Waals surface area contributed by atoms with Crippen LogP contribution in [0.3, 0.4) is 0 Å². The van der Waals surface area contributed by atoms with Gasteiger partial charge in [-0.1, -0.05) is 6.92 Å². The van der Waals surface area contributed by atoms with Gasteiger partial charge in [0.25, 0.3) is 0 Å². The van der Waals surface area contributed by atoms with Crippen molar-refractivity contribution in [1.29, 1.82) is 0 Å². The summed E-state index contributed by atoms with van der Waals surface area (Å²) in [5.74, 6) is -0.478. The molecule has 1 heterocycles. The van der Waals surface area contributed by atoms with Crippen LogP contribution < -0.4 is 11.5 Å². The average Bonchev–Trinajstić information content (AvgIpc) is 2.43. The third kappa shape index (κ3) is 3.00. The van der Waals surface area contributed by atoms with Gasteiger partial charge in [0.2, 0.25) is 0 Å². The van der Waals surface area contributed by atoms with Gasteiger partial charge in [-0.3, -0.25) is 0 Å². The minimum absolute atomic E-state index is 0. The van der Waals surface area contributed by atoms with E-state index in [0.29, 0.717) is 13.1 Å². The number of hydrogen-bond donors (Lipinski definition) is 2. The van der Waals surface area contributed by atoms with Crippen LogP contribution in [0.2, 0.25) is 0 Å². The Morgan fingerprint density at radius 1 is 1.15 bits per heavy atom. The van der Waals surface area contributed by atoms with Crippen LogP contribution >= 0.6 is 0 Å². The Kier molecular flexibility index (Phi) is 5.64. The van der Waals surface area contributed by atoms with Gasteiger partial charge in [-0.15, -0.1) is 0 Å². The van der Waals surface area contributed by atoms with E-state index in [1.54, 1.807) is 0 Å². The quantitative estimate of drug-likeness (QED) is 0.724. The second-order valence-corrected chi connectivity index (χ2v) is 3.27. The largest absolute Gasteiger partial charge is 0.343 e. The topological polar surface area (TPSA) is 70.5 Å². The molecular formula is C8H18N2O2Pt. The summed E-state index contributed by atoms with van der Waals surface area (Å²) >= 11 is 0. The van der Waals surface area contributed by atoms with Crippen molar-refractivity contribution in [3.8, 4) is 0 Å². The molecule has 0 bridgehead atoms. The minimum atomic E-state index is -0.478. The molecule has 82 valence electrons. The summed E-state index contributed by atoms with van der Waals surface area (Å²) < 4.78 is 11.2. The molecule has 13 heavy (non-hydrogen) atoms. The average molecular weight is 369 g/mol.